The molecule has 114 valence electrons. The lowest BCUT2D eigenvalue weighted by molar-refractivity contribution is -0.186. The van der Waals surface area contributed by atoms with Crippen LogP contribution in [0.3, 0.4) is 0 Å². The van der Waals surface area contributed by atoms with Gasteiger partial charge in [0, 0.05) is 30.3 Å². The highest BCUT2D eigenvalue weighted by Crippen LogP contribution is 2.37. The van der Waals surface area contributed by atoms with Crippen molar-refractivity contribution >= 4 is 23.3 Å². The lowest BCUT2D eigenvalue weighted by Gasteiger charge is -2.31. The van der Waals surface area contributed by atoms with Gasteiger partial charge in [-0.2, -0.15) is 0 Å². The molecule has 1 saturated heterocycles. The zero-order valence-electron chi connectivity index (χ0n) is 12.0. The molecule has 21 heavy (non-hydrogen) atoms. The molecule has 5 heteroatoms. The molecule has 1 aliphatic carbocycles. The molecule has 2 heterocycles. The summed E-state index contributed by atoms with van der Waals surface area (Å²) in [5.74, 6) is -0.447. The first-order chi connectivity index (χ1) is 10.3. The average Bonchev–Trinajstić information content (AvgIpc) is 3.14. The number of amides is 1. The second-order valence-electron chi connectivity index (χ2n) is 5.62. The van der Waals surface area contributed by atoms with E-state index in [2.05, 4.69) is 5.32 Å². The number of hydrogen-bond donors (Lipinski definition) is 1. The van der Waals surface area contributed by atoms with Crippen molar-refractivity contribution in [3.63, 3.8) is 0 Å². The van der Waals surface area contributed by atoms with Crippen LogP contribution < -0.4 is 5.32 Å². The van der Waals surface area contributed by atoms with Gasteiger partial charge in [0.25, 0.3) is 0 Å². The van der Waals surface area contributed by atoms with Crippen LogP contribution in [0.5, 0.6) is 0 Å². The third-order valence-electron chi connectivity index (χ3n) is 3.98. The summed E-state index contributed by atoms with van der Waals surface area (Å²) in [5, 5.41) is 4.87. The monoisotopic (exact) mass is 307 g/mol. The molecule has 2 fully saturated rings. The van der Waals surface area contributed by atoms with Crippen molar-refractivity contribution in [1.82, 2.24) is 5.32 Å². The Balaban J connectivity index is 1.42. The summed E-state index contributed by atoms with van der Waals surface area (Å²) in [7, 11) is 0. The van der Waals surface area contributed by atoms with Crippen LogP contribution in [0, 0.1) is 0 Å². The van der Waals surface area contributed by atoms with Gasteiger partial charge in [0.15, 0.2) is 5.79 Å². The zero-order valence-corrected chi connectivity index (χ0v) is 12.9. The van der Waals surface area contributed by atoms with E-state index in [9.17, 15) is 4.79 Å². The Morgan fingerprint density at radius 2 is 2.29 bits per heavy atom. The van der Waals surface area contributed by atoms with Crippen molar-refractivity contribution in [2.45, 2.75) is 44.0 Å². The minimum atomic E-state index is -0.361. The number of carbonyl (C=O) groups excluding carboxylic acids is 1. The van der Waals surface area contributed by atoms with Crippen LogP contribution in [0.4, 0.5) is 0 Å². The van der Waals surface area contributed by atoms with Crippen LogP contribution in [0.1, 0.15) is 37.0 Å². The maximum Gasteiger partial charge on any atom is 0.244 e. The minimum Gasteiger partial charge on any atom is -0.350 e. The Morgan fingerprint density at radius 3 is 3.05 bits per heavy atom. The molecule has 2 aliphatic rings. The molecule has 1 spiro atoms. The lowest BCUT2D eigenvalue weighted by atomic mass is 9.94. The Kier molecular flexibility index (Phi) is 4.73. The highest BCUT2D eigenvalue weighted by molar-refractivity contribution is 7.10. The van der Waals surface area contributed by atoms with Crippen LogP contribution in [0.25, 0.3) is 6.08 Å². The van der Waals surface area contributed by atoms with E-state index in [0.29, 0.717) is 13.2 Å². The van der Waals surface area contributed by atoms with Gasteiger partial charge in [-0.25, -0.2) is 0 Å². The highest BCUT2D eigenvalue weighted by Gasteiger charge is 2.42. The van der Waals surface area contributed by atoms with Crippen LogP contribution in [0.2, 0.25) is 0 Å². The third-order valence-corrected chi connectivity index (χ3v) is 4.81. The van der Waals surface area contributed by atoms with E-state index in [0.717, 1.165) is 17.7 Å². The van der Waals surface area contributed by atoms with Crippen molar-refractivity contribution in [3.05, 3.63) is 28.5 Å². The summed E-state index contributed by atoms with van der Waals surface area (Å²) in [6.07, 6.45) is 8.94. The van der Waals surface area contributed by atoms with Crippen LogP contribution in [-0.4, -0.2) is 30.9 Å². The minimum absolute atomic E-state index is 0.0258. The summed E-state index contributed by atoms with van der Waals surface area (Å²) < 4.78 is 11.9. The Labute approximate surface area is 129 Å². The van der Waals surface area contributed by atoms with E-state index in [4.69, 9.17) is 9.47 Å². The molecule has 1 saturated carbocycles. The molecular weight excluding hydrogens is 286 g/mol. The standard InChI is InChI=1S/C16H21NO3S/c18-15(7-6-14-5-4-10-21-14)17-11-13-12-19-16(20-13)8-2-1-3-9-16/h4-7,10,13H,1-3,8-9,11-12H2,(H,17,18). The normalized spacial score (nSPS) is 24.7. The van der Waals surface area contributed by atoms with E-state index in [-0.39, 0.29) is 17.8 Å². The topological polar surface area (TPSA) is 47.6 Å². The van der Waals surface area contributed by atoms with E-state index < -0.39 is 0 Å². The fourth-order valence-corrected chi connectivity index (χ4v) is 3.51. The quantitative estimate of drug-likeness (QED) is 0.870. The smallest absolute Gasteiger partial charge is 0.244 e. The summed E-state index contributed by atoms with van der Waals surface area (Å²) in [4.78, 5) is 12.8. The van der Waals surface area contributed by atoms with Crippen molar-refractivity contribution in [3.8, 4) is 0 Å². The van der Waals surface area contributed by atoms with Crippen molar-refractivity contribution in [2.24, 2.45) is 0 Å². The van der Waals surface area contributed by atoms with Gasteiger partial charge in [-0.1, -0.05) is 12.5 Å². The number of thiophene rings is 1. The molecular formula is C16H21NO3S. The molecule has 1 amide bonds. The number of nitrogens with one attached hydrogen (secondary N) is 1. The first kappa shape index (κ1) is 14.8. The summed E-state index contributed by atoms with van der Waals surface area (Å²) >= 11 is 1.61. The van der Waals surface area contributed by atoms with E-state index in [1.807, 2.05) is 23.6 Å². The summed E-state index contributed by atoms with van der Waals surface area (Å²) in [6, 6.07) is 3.95. The predicted molar refractivity (Wildman–Crippen MR) is 83.0 cm³/mol. The molecule has 1 unspecified atom stereocenters. The molecule has 1 N–H and O–H groups in total. The highest BCUT2D eigenvalue weighted by atomic mass is 32.1. The molecule has 1 aromatic heterocycles. The Bertz CT molecular complexity index is 492. The fraction of sp³-hybridized carbons (Fsp3) is 0.562. The largest absolute Gasteiger partial charge is 0.350 e. The molecule has 3 rings (SSSR count). The number of ether oxygens (including phenoxy) is 2. The van der Waals surface area contributed by atoms with Gasteiger partial charge >= 0.3 is 0 Å². The van der Waals surface area contributed by atoms with Gasteiger partial charge in [-0.05, 0) is 30.4 Å². The molecule has 0 aromatic carbocycles. The number of carbonyl (C=O) groups is 1. The maximum atomic E-state index is 11.8. The summed E-state index contributed by atoms with van der Waals surface area (Å²) in [5.41, 5.74) is 0. The van der Waals surface area contributed by atoms with Gasteiger partial charge < -0.3 is 14.8 Å². The number of hydrogen-bond acceptors (Lipinski definition) is 4. The first-order valence-electron chi connectivity index (χ1n) is 7.57. The molecule has 0 radical (unpaired) electrons. The SMILES string of the molecule is O=C(C=Cc1cccs1)NCC1COC2(CCCCC2)O1. The first-order valence-corrected chi connectivity index (χ1v) is 8.45. The van der Waals surface area contributed by atoms with Crippen LogP contribution >= 0.6 is 11.3 Å². The fourth-order valence-electron chi connectivity index (χ4n) is 2.89. The Hall–Kier alpha value is -1.17. The van der Waals surface area contributed by atoms with Gasteiger partial charge in [0.2, 0.25) is 5.91 Å². The van der Waals surface area contributed by atoms with Crippen LogP contribution in [-0.2, 0) is 14.3 Å². The second kappa shape index (κ2) is 6.73. The van der Waals surface area contributed by atoms with E-state index >= 15 is 0 Å². The summed E-state index contributed by atoms with van der Waals surface area (Å²) in [6.45, 7) is 1.09. The van der Waals surface area contributed by atoms with E-state index in [1.165, 1.54) is 19.3 Å². The van der Waals surface area contributed by atoms with E-state index in [1.54, 1.807) is 17.4 Å². The molecule has 1 aromatic rings. The molecule has 1 aliphatic heterocycles. The second-order valence-corrected chi connectivity index (χ2v) is 6.60. The van der Waals surface area contributed by atoms with Gasteiger partial charge in [0.05, 0.1) is 6.61 Å². The van der Waals surface area contributed by atoms with Crippen molar-refractivity contribution in [1.29, 1.82) is 0 Å². The average molecular weight is 307 g/mol. The van der Waals surface area contributed by atoms with Gasteiger partial charge in [-0.3, -0.25) is 4.79 Å². The molecule has 1 atom stereocenters. The molecule has 4 nitrogen and oxygen atoms in total. The van der Waals surface area contributed by atoms with Gasteiger partial charge in [-0.15, -0.1) is 11.3 Å². The third kappa shape index (κ3) is 3.93. The lowest BCUT2D eigenvalue weighted by Crippen LogP contribution is -2.36. The Morgan fingerprint density at radius 1 is 1.43 bits per heavy atom. The predicted octanol–water partition coefficient (Wildman–Crippen LogP) is 2.95. The van der Waals surface area contributed by atoms with Crippen LogP contribution in [0.15, 0.2) is 23.6 Å². The number of rotatable bonds is 4. The zero-order chi connectivity index (χ0) is 14.5. The maximum absolute atomic E-state index is 11.8. The van der Waals surface area contributed by atoms with Gasteiger partial charge in [0.1, 0.15) is 6.10 Å². The molecule has 0 bridgehead atoms. The van der Waals surface area contributed by atoms with Crippen molar-refractivity contribution < 1.29 is 14.3 Å². The van der Waals surface area contributed by atoms with Crippen molar-refractivity contribution in [2.75, 3.05) is 13.2 Å².